The monoisotopic (exact) mass is 402 g/mol. The molecular formula is C20H30N4O3Si. The van der Waals surface area contributed by atoms with Crippen LogP contribution < -0.4 is 4.73 Å². The molecule has 3 rings (SSSR count). The number of imidazole rings is 1. The molecule has 0 aromatic carbocycles. The Morgan fingerprint density at radius 2 is 2.04 bits per heavy atom. The molecule has 8 heteroatoms. The fourth-order valence-electron chi connectivity index (χ4n) is 2.95. The van der Waals surface area contributed by atoms with Crippen molar-refractivity contribution in [2.75, 3.05) is 13.2 Å². The van der Waals surface area contributed by atoms with E-state index in [1.54, 1.807) is 18.3 Å². The maximum Gasteiger partial charge on any atom is 0.244 e. The van der Waals surface area contributed by atoms with Gasteiger partial charge < -0.3 is 18.9 Å². The van der Waals surface area contributed by atoms with Crippen LogP contribution in [0.4, 0.5) is 0 Å². The minimum Gasteiger partial charge on any atom is -0.618 e. The van der Waals surface area contributed by atoms with Crippen molar-refractivity contribution in [2.45, 2.75) is 59.0 Å². The van der Waals surface area contributed by atoms with Crippen molar-refractivity contribution in [3.8, 4) is 0 Å². The second-order valence-electron chi connectivity index (χ2n) is 8.49. The van der Waals surface area contributed by atoms with E-state index in [1.165, 1.54) is 6.20 Å². The fourth-order valence-corrected chi connectivity index (χ4v) is 3.98. The number of rotatable bonds is 7. The molecule has 0 unspecified atom stereocenters. The van der Waals surface area contributed by atoms with Crippen molar-refractivity contribution in [3.05, 3.63) is 35.6 Å². The summed E-state index contributed by atoms with van der Waals surface area (Å²) in [5.41, 5.74) is 2.67. The summed E-state index contributed by atoms with van der Waals surface area (Å²) in [5, 5.41) is 12.5. The van der Waals surface area contributed by atoms with Gasteiger partial charge in [-0.25, -0.2) is 9.97 Å². The normalized spacial score (nSPS) is 12.9. The Labute approximate surface area is 167 Å². The third kappa shape index (κ3) is 3.90. The lowest BCUT2D eigenvalue weighted by atomic mass is 10.2. The number of aromatic nitrogens is 4. The lowest BCUT2D eigenvalue weighted by Gasteiger charge is -2.36. The van der Waals surface area contributed by atoms with Crippen LogP contribution in [0.1, 0.15) is 33.5 Å². The number of ether oxygens (including phenoxy) is 1. The Kier molecular flexibility index (Phi) is 5.74. The van der Waals surface area contributed by atoms with Crippen LogP contribution in [0.15, 0.2) is 24.5 Å². The van der Waals surface area contributed by atoms with Gasteiger partial charge in [-0.1, -0.05) is 20.8 Å². The number of pyridine rings is 2. The van der Waals surface area contributed by atoms with Crippen molar-refractivity contribution in [3.63, 3.8) is 0 Å². The van der Waals surface area contributed by atoms with Gasteiger partial charge in [-0.3, -0.25) is 0 Å². The molecule has 0 atom stereocenters. The number of fused-ring (bicyclic) bond motifs is 3. The molecule has 0 aliphatic rings. The van der Waals surface area contributed by atoms with Gasteiger partial charge in [-0.05, 0) is 31.1 Å². The van der Waals surface area contributed by atoms with E-state index in [2.05, 4.69) is 48.4 Å². The summed E-state index contributed by atoms with van der Waals surface area (Å²) in [6.07, 6.45) is 3.22. The van der Waals surface area contributed by atoms with Crippen LogP contribution in [0.5, 0.6) is 0 Å². The van der Waals surface area contributed by atoms with Crippen molar-refractivity contribution >= 4 is 30.4 Å². The maximum absolute atomic E-state index is 12.4. The zero-order chi connectivity index (χ0) is 20.5. The summed E-state index contributed by atoms with van der Waals surface area (Å²) in [4.78, 5) is 9.12. The molecular weight excluding hydrogens is 372 g/mol. The average molecular weight is 403 g/mol. The molecule has 152 valence electrons. The van der Waals surface area contributed by atoms with Crippen molar-refractivity contribution in [1.29, 1.82) is 0 Å². The third-order valence-electron chi connectivity index (χ3n) is 5.58. The highest BCUT2D eigenvalue weighted by molar-refractivity contribution is 6.74. The van der Waals surface area contributed by atoms with E-state index < -0.39 is 8.32 Å². The molecule has 0 aliphatic carbocycles. The van der Waals surface area contributed by atoms with E-state index >= 15 is 0 Å². The average Bonchev–Trinajstić information content (AvgIpc) is 2.96. The topological polar surface area (TPSA) is 76.1 Å². The molecule has 3 heterocycles. The van der Waals surface area contributed by atoms with E-state index in [-0.39, 0.29) is 5.04 Å². The first-order valence-electron chi connectivity index (χ1n) is 9.73. The minimum atomic E-state index is -1.85. The van der Waals surface area contributed by atoms with E-state index in [1.807, 2.05) is 6.92 Å². The Morgan fingerprint density at radius 3 is 2.71 bits per heavy atom. The first-order chi connectivity index (χ1) is 13.2. The first-order valence-corrected chi connectivity index (χ1v) is 12.6. The Morgan fingerprint density at radius 1 is 1.29 bits per heavy atom. The SMILES string of the molecule is CCOCc1nc2c[n+]([O-])c3cccnc3c2n1CCO[Si](C)(C)C(C)(C)C. The van der Waals surface area contributed by atoms with E-state index in [4.69, 9.17) is 9.16 Å². The second-order valence-corrected chi connectivity index (χ2v) is 13.3. The van der Waals surface area contributed by atoms with Gasteiger partial charge in [0.15, 0.2) is 19.4 Å². The third-order valence-corrected chi connectivity index (χ3v) is 10.1. The van der Waals surface area contributed by atoms with Crippen LogP contribution >= 0.6 is 0 Å². The first kappa shape index (κ1) is 20.7. The molecule has 0 aliphatic heterocycles. The Bertz CT molecular complexity index is 979. The summed E-state index contributed by atoms with van der Waals surface area (Å²) in [6, 6.07) is 3.55. The molecule has 7 nitrogen and oxygen atoms in total. The van der Waals surface area contributed by atoms with Crippen molar-refractivity contribution in [1.82, 2.24) is 14.5 Å². The Hall–Kier alpha value is -2.03. The minimum absolute atomic E-state index is 0.153. The van der Waals surface area contributed by atoms with Gasteiger partial charge in [0.1, 0.15) is 17.9 Å². The molecule has 0 saturated carbocycles. The van der Waals surface area contributed by atoms with E-state index in [0.717, 1.165) is 16.1 Å². The van der Waals surface area contributed by atoms with Crippen LogP contribution in [0.2, 0.25) is 18.1 Å². The predicted octanol–water partition coefficient (Wildman–Crippen LogP) is 3.78. The highest BCUT2D eigenvalue weighted by atomic mass is 28.4. The van der Waals surface area contributed by atoms with Crippen LogP contribution in [-0.4, -0.2) is 36.1 Å². The van der Waals surface area contributed by atoms with Gasteiger partial charge in [0.2, 0.25) is 11.7 Å². The summed E-state index contributed by atoms with van der Waals surface area (Å²) < 4.78 is 14.9. The van der Waals surface area contributed by atoms with Crippen LogP contribution in [0.3, 0.4) is 0 Å². The zero-order valence-corrected chi connectivity index (χ0v) is 18.7. The molecule has 0 fully saturated rings. The summed E-state index contributed by atoms with van der Waals surface area (Å²) in [5.74, 6) is 0.786. The summed E-state index contributed by atoms with van der Waals surface area (Å²) in [6.45, 7) is 15.4. The molecule has 0 saturated heterocycles. The van der Waals surface area contributed by atoms with Gasteiger partial charge in [0, 0.05) is 25.4 Å². The van der Waals surface area contributed by atoms with Gasteiger partial charge in [-0.15, -0.1) is 0 Å². The molecule has 0 N–H and O–H groups in total. The van der Waals surface area contributed by atoms with Crippen LogP contribution in [0, 0.1) is 5.21 Å². The van der Waals surface area contributed by atoms with Gasteiger partial charge >= 0.3 is 0 Å². The van der Waals surface area contributed by atoms with Gasteiger partial charge in [0.05, 0.1) is 6.61 Å². The molecule has 0 bridgehead atoms. The maximum atomic E-state index is 12.4. The number of hydrogen-bond donors (Lipinski definition) is 0. The molecule has 3 aromatic rings. The fraction of sp³-hybridized carbons (Fsp3) is 0.550. The van der Waals surface area contributed by atoms with Crippen molar-refractivity contribution < 1.29 is 13.9 Å². The van der Waals surface area contributed by atoms with Crippen LogP contribution in [-0.2, 0) is 22.3 Å². The standard InChI is InChI=1S/C20H30N4O3Si/c1-7-26-14-17-22-15-13-24(25)16-9-8-10-21-18(16)19(15)23(17)11-12-27-28(5,6)20(2,3)4/h8-10,13H,7,11-12,14H2,1-6H3. The summed E-state index contributed by atoms with van der Waals surface area (Å²) in [7, 11) is -1.85. The molecule has 0 amide bonds. The smallest absolute Gasteiger partial charge is 0.244 e. The van der Waals surface area contributed by atoms with Gasteiger partial charge in [0.25, 0.3) is 0 Å². The molecule has 0 radical (unpaired) electrons. The predicted molar refractivity (Wildman–Crippen MR) is 112 cm³/mol. The highest BCUT2D eigenvalue weighted by Gasteiger charge is 2.37. The lowest BCUT2D eigenvalue weighted by Crippen LogP contribution is -2.41. The highest BCUT2D eigenvalue weighted by Crippen LogP contribution is 2.36. The van der Waals surface area contributed by atoms with Crippen LogP contribution in [0.25, 0.3) is 22.1 Å². The van der Waals surface area contributed by atoms with E-state index in [9.17, 15) is 5.21 Å². The van der Waals surface area contributed by atoms with Crippen molar-refractivity contribution in [2.24, 2.45) is 0 Å². The Balaban J connectivity index is 2.02. The zero-order valence-electron chi connectivity index (χ0n) is 17.7. The lowest BCUT2D eigenvalue weighted by molar-refractivity contribution is -0.575. The summed E-state index contributed by atoms with van der Waals surface area (Å²) >= 11 is 0. The largest absolute Gasteiger partial charge is 0.618 e. The van der Waals surface area contributed by atoms with E-state index in [0.29, 0.717) is 42.9 Å². The molecule has 0 spiro atoms. The molecule has 3 aromatic heterocycles. The second kappa shape index (κ2) is 7.77. The molecule has 28 heavy (non-hydrogen) atoms. The number of nitrogens with zero attached hydrogens (tertiary/aromatic N) is 4. The quantitative estimate of drug-likeness (QED) is 0.341. The van der Waals surface area contributed by atoms with Gasteiger partial charge in [-0.2, -0.15) is 4.73 Å². The number of hydrogen-bond acceptors (Lipinski definition) is 5.